The molecular formula is C68H81N13O9PSSi2+. The number of hydrogen-bond donors (Lipinski definition) is 5. The summed E-state index contributed by atoms with van der Waals surface area (Å²) in [5.74, 6) is -0.283. The number of fused-ring (bicyclic) bond motifs is 2. The van der Waals surface area contributed by atoms with E-state index in [1.54, 1.807) is 65.8 Å². The van der Waals surface area contributed by atoms with Gasteiger partial charge in [-0.3, -0.25) is 28.2 Å². The van der Waals surface area contributed by atoms with E-state index in [2.05, 4.69) is 146 Å². The lowest BCUT2D eigenvalue weighted by Crippen LogP contribution is -2.59. The number of aliphatic hydroxyl groups is 1. The van der Waals surface area contributed by atoms with Crippen LogP contribution in [0.3, 0.4) is 0 Å². The summed E-state index contributed by atoms with van der Waals surface area (Å²) in [6.45, 7) is 21.5. The molecule has 2 unspecified atom stereocenters. The highest BCUT2D eigenvalue weighted by atomic mass is 32.5. The number of nitrogens with zero attached hydrogens (tertiary/aromatic N) is 9. The van der Waals surface area contributed by atoms with E-state index in [0.717, 1.165) is 16.7 Å². The van der Waals surface area contributed by atoms with Gasteiger partial charge in [-0.25, -0.2) is 34.6 Å². The lowest BCUT2D eigenvalue weighted by molar-refractivity contribution is -0.0463. The molecule has 22 nitrogen and oxygen atoms in total. The molecule has 26 heteroatoms. The van der Waals surface area contributed by atoms with Gasteiger partial charge in [0.15, 0.2) is 63.1 Å². The highest BCUT2D eigenvalue weighted by molar-refractivity contribution is 8.15. The van der Waals surface area contributed by atoms with Crippen LogP contribution in [0.2, 0.25) is 36.3 Å². The number of ether oxygens (including phenoxy) is 2. The Bertz CT molecular complexity index is 4050. The Balaban J connectivity index is 1.00. The molecule has 2 saturated heterocycles. The second-order valence-corrected chi connectivity index (χ2v) is 38.9. The van der Waals surface area contributed by atoms with Gasteiger partial charge in [-0.15, -0.1) is 0 Å². The normalized spacial score (nSPS) is 20.7. The molecule has 2 fully saturated rings. The number of carbonyl (C=O) groups is 2. The van der Waals surface area contributed by atoms with Gasteiger partial charge < -0.3 is 34.1 Å². The van der Waals surface area contributed by atoms with Gasteiger partial charge in [0.1, 0.15) is 43.7 Å². The number of aromatic nitrogens is 8. The molecule has 2 aliphatic rings. The summed E-state index contributed by atoms with van der Waals surface area (Å²) in [7, 11) is -7.13. The maximum atomic E-state index is 13.7. The third-order valence-corrected chi connectivity index (χ3v) is 30.0. The topological polar surface area (TPSA) is 269 Å². The summed E-state index contributed by atoms with van der Waals surface area (Å²) >= 11 is 0. The van der Waals surface area contributed by atoms with Gasteiger partial charge in [0, 0.05) is 11.1 Å². The molecule has 10 atom stereocenters. The van der Waals surface area contributed by atoms with Crippen LogP contribution in [-0.2, 0) is 43.1 Å². The first-order chi connectivity index (χ1) is 45.1. The number of nitrogens with one attached hydrogen (secondary N) is 4. The van der Waals surface area contributed by atoms with Crippen molar-refractivity contribution >= 4 is 80.5 Å². The van der Waals surface area contributed by atoms with Crippen molar-refractivity contribution in [2.75, 3.05) is 30.5 Å². The van der Waals surface area contributed by atoms with Gasteiger partial charge in [-0.2, -0.15) is 9.79 Å². The van der Waals surface area contributed by atoms with Crippen molar-refractivity contribution in [3.8, 4) is 6.07 Å². The first-order valence-electron chi connectivity index (χ1n) is 31.3. The zero-order valence-electron chi connectivity index (χ0n) is 54.3. The predicted molar refractivity (Wildman–Crippen MR) is 369 cm³/mol. The summed E-state index contributed by atoms with van der Waals surface area (Å²) in [6.07, 6.45) is 1.13. The van der Waals surface area contributed by atoms with Crippen molar-refractivity contribution in [3.63, 3.8) is 0 Å². The number of anilines is 2. The Labute approximate surface area is 553 Å². The van der Waals surface area contributed by atoms with Gasteiger partial charge >= 0.3 is 7.58 Å². The minimum Gasteiger partial charge on any atom is -0.408 e. The first kappa shape index (κ1) is 67.8. The summed E-state index contributed by atoms with van der Waals surface area (Å²) in [5.41, 5.74) is 4.24. The molecule has 11 rings (SSSR count). The zero-order valence-corrected chi connectivity index (χ0v) is 58.2. The maximum Gasteiger partial charge on any atom is 0.312 e. The van der Waals surface area contributed by atoms with Gasteiger partial charge in [-0.05, 0) is 77.2 Å². The van der Waals surface area contributed by atoms with Crippen LogP contribution in [0.5, 0.6) is 0 Å². The molecule has 5 aromatic carbocycles. The van der Waals surface area contributed by atoms with Crippen LogP contribution < -0.4 is 20.7 Å². The fourth-order valence-electron chi connectivity index (χ4n) is 11.2. The van der Waals surface area contributed by atoms with Gasteiger partial charge in [0.2, 0.25) is 10.5 Å². The van der Waals surface area contributed by atoms with Crippen LogP contribution in [0.25, 0.3) is 22.3 Å². The van der Waals surface area contributed by atoms with Crippen molar-refractivity contribution in [1.82, 2.24) is 49.1 Å². The number of nitriles is 1. The summed E-state index contributed by atoms with van der Waals surface area (Å²) in [6, 6.07) is 49.6. The molecular weight excluding hydrogens is 1260 g/mol. The van der Waals surface area contributed by atoms with E-state index in [0.29, 0.717) is 33.5 Å². The van der Waals surface area contributed by atoms with Crippen molar-refractivity contribution in [2.24, 2.45) is 0 Å². The van der Waals surface area contributed by atoms with Gasteiger partial charge in [0.05, 0.1) is 56.0 Å². The number of imidazole rings is 2. The molecule has 2 aliphatic heterocycles. The quantitative estimate of drug-likeness (QED) is 0.0163. The highest BCUT2D eigenvalue weighted by Gasteiger charge is 2.56. The van der Waals surface area contributed by atoms with Crippen LogP contribution in [-0.4, -0.2) is 129 Å². The van der Waals surface area contributed by atoms with Gasteiger partial charge in [-0.1, -0.05) is 169 Å². The molecule has 2 amide bonds. The Kier molecular flexibility index (Phi) is 20.7. The molecule has 0 aliphatic carbocycles. The van der Waals surface area contributed by atoms with Crippen LogP contribution in [0.1, 0.15) is 97.8 Å². The second kappa shape index (κ2) is 28.7. The number of aliphatic hydroxyl groups excluding tert-OH is 1. The molecule has 4 aromatic heterocycles. The van der Waals surface area contributed by atoms with Crippen LogP contribution in [0.15, 0.2) is 177 Å². The van der Waals surface area contributed by atoms with E-state index in [9.17, 15) is 20.0 Å². The Hall–Kier alpha value is -7.65. The lowest BCUT2D eigenvalue weighted by Gasteiger charge is -2.44. The number of hydrogen-bond acceptors (Lipinski definition) is 17. The molecule has 5 N–H and O–H groups in total. The summed E-state index contributed by atoms with van der Waals surface area (Å²) in [4.78, 5) is 55.2. The maximum absolute atomic E-state index is 13.7. The average Bonchev–Trinajstić information content (AvgIpc) is 1.45. The molecule has 0 saturated carbocycles. The first-order valence-corrected chi connectivity index (χ1v) is 39.9. The monoisotopic (exact) mass is 1340 g/mol. The smallest absolute Gasteiger partial charge is 0.312 e. The van der Waals surface area contributed by atoms with E-state index in [4.69, 9.17) is 42.0 Å². The molecule has 6 heterocycles. The molecule has 0 bridgehead atoms. The summed E-state index contributed by atoms with van der Waals surface area (Å²) in [5, 5.41) is 30.9. The molecule has 0 spiro atoms. The zero-order chi connectivity index (χ0) is 66.4. The van der Waals surface area contributed by atoms with Crippen LogP contribution in [0.4, 0.5) is 11.6 Å². The minimum atomic E-state index is -2.75. The van der Waals surface area contributed by atoms with E-state index >= 15 is 0 Å². The van der Waals surface area contributed by atoms with Crippen molar-refractivity contribution in [3.05, 3.63) is 205 Å². The molecule has 9 aromatic rings. The fraction of sp³-hybridized carbons (Fsp3) is 0.368. The van der Waals surface area contributed by atoms with Crippen molar-refractivity contribution < 1.29 is 41.7 Å². The van der Waals surface area contributed by atoms with Crippen LogP contribution >= 0.6 is 7.58 Å². The van der Waals surface area contributed by atoms with E-state index in [-0.39, 0.29) is 53.2 Å². The number of carbonyl (C=O) groups excluding carboxylic acids is 2. The van der Waals surface area contributed by atoms with E-state index < -0.39 is 95.9 Å². The van der Waals surface area contributed by atoms with Crippen molar-refractivity contribution in [1.29, 1.82) is 5.26 Å². The molecule has 490 valence electrons. The fourth-order valence-corrected chi connectivity index (χ4v) is 16.6. The van der Waals surface area contributed by atoms with Crippen LogP contribution in [0, 0.1) is 11.3 Å². The van der Waals surface area contributed by atoms with E-state index in [1.807, 2.05) is 71.3 Å². The Morgan fingerprint density at radius 1 is 0.606 bits per heavy atom. The lowest BCUT2D eigenvalue weighted by atomic mass is 9.76. The second-order valence-electron chi connectivity index (χ2n) is 26.3. The van der Waals surface area contributed by atoms with Crippen molar-refractivity contribution in [2.45, 2.75) is 139 Å². The predicted octanol–water partition coefficient (Wildman–Crippen LogP) is 11.6. The molecule has 94 heavy (non-hydrogen) atoms. The third-order valence-electron chi connectivity index (χ3n) is 18.2. The van der Waals surface area contributed by atoms with E-state index in [1.165, 1.54) is 12.7 Å². The SMILES string of the molecule is CC(C)(C)[Si](C)(C)O[C@@H]1[C@H](NS(OCCC#N)=[PH+]OC[C@H]2O[C@@H](n3cnc4c(NC(=O)c5ccccc5)ncnc43)[C@H](O[Si](C)(C)C(C)(C)C)[C@@H]2NC(c2ccccc2)(c2ccccc2)c2ccccc2)[C@@H](CO)O[C@H]1n1cnc2c(NC(=O)c3ccccc3)ncnc21. The number of benzene rings is 5. The standard InChI is InChI=1S/C68H80N13O9PSSi2/c1-66(2,3)93(7,8)89-56-52(78-68(47-31-20-13-21-32-47,48-33-22-14-23-34-48)49-35-24-15-25-36-49)51(88-64(56)80-43-74-54-58(70-41-72-60(54)80)76-62(83)45-27-16-11-17-28-45)40-85-91-92(86-38-26-37-69)79-53-50(39-82)87-65(57(53)90-94(9,10)67(4,5)6)81-44-75-55-59(71-42-73-61(55)81)77-63(84)46-29-18-12-19-30-46/h11-25,27-36,41-44,50-53,56-57,64-65,78-79,82H,26,38-40H2,1-10H3,(H,70,72,76,83)(H,71,73,77,84)/p+1/t50-,51-,52-,53-,56-,57-,64-,65-,92?/m1/s1. The molecule has 0 radical (unpaired) electrons. The summed E-state index contributed by atoms with van der Waals surface area (Å²) < 4.78 is 50.5. The third kappa shape index (κ3) is 14.3. The Morgan fingerprint density at radius 3 is 1.44 bits per heavy atom. The minimum absolute atomic E-state index is 0.00774. The Morgan fingerprint density at radius 2 is 1.02 bits per heavy atom. The highest BCUT2D eigenvalue weighted by Crippen LogP contribution is 2.47. The number of rotatable bonds is 24. The largest absolute Gasteiger partial charge is 0.408 e. The van der Waals surface area contributed by atoms with Gasteiger partial charge in [0.25, 0.3) is 11.8 Å². The average molecular weight is 1340 g/mol. The number of amides is 2.